The summed E-state index contributed by atoms with van der Waals surface area (Å²) >= 11 is 0. The minimum Gasteiger partial charge on any atom is -0.325 e. The molecule has 19 heavy (non-hydrogen) atoms. The summed E-state index contributed by atoms with van der Waals surface area (Å²) in [6, 6.07) is 6.60. The zero-order valence-corrected chi connectivity index (χ0v) is 12.0. The Morgan fingerprint density at radius 3 is 2.68 bits per heavy atom. The molecule has 0 aromatic heterocycles. The third-order valence-corrected chi connectivity index (χ3v) is 3.69. The van der Waals surface area contributed by atoms with Gasteiger partial charge in [-0.25, -0.2) is 0 Å². The Morgan fingerprint density at radius 2 is 2.16 bits per heavy atom. The summed E-state index contributed by atoms with van der Waals surface area (Å²) in [5.41, 5.74) is 3.24. The number of nitrogens with one attached hydrogen (secondary N) is 2. The number of anilines is 1. The molecule has 0 aliphatic carbocycles. The molecule has 1 aliphatic heterocycles. The van der Waals surface area contributed by atoms with Gasteiger partial charge in [0, 0.05) is 24.8 Å². The summed E-state index contributed by atoms with van der Waals surface area (Å²) in [5, 5.41) is 6.25. The van der Waals surface area contributed by atoms with E-state index in [1.165, 1.54) is 5.56 Å². The SMILES string of the molecule is CCN(CC(=O)Nc1ccc(C)cc1C)C1CNC1. The molecule has 1 aromatic carbocycles. The fourth-order valence-electron chi connectivity index (χ4n) is 2.36. The summed E-state index contributed by atoms with van der Waals surface area (Å²) in [5.74, 6) is 0.0701. The third-order valence-electron chi connectivity index (χ3n) is 3.69. The lowest BCUT2D eigenvalue weighted by Crippen LogP contribution is -2.58. The Hall–Kier alpha value is -1.39. The smallest absolute Gasteiger partial charge is 0.238 e. The van der Waals surface area contributed by atoms with Crippen molar-refractivity contribution in [1.29, 1.82) is 0 Å². The third kappa shape index (κ3) is 3.55. The summed E-state index contributed by atoms with van der Waals surface area (Å²) in [4.78, 5) is 14.3. The van der Waals surface area contributed by atoms with Crippen LogP contribution in [0.2, 0.25) is 0 Å². The van der Waals surface area contributed by atoms with Crippen LogP contribution in [0.3, 0.4) is 0 Å². The highest BCUT2D eigenvalue weighted by atomic mass is 16.2. The topological polar surface area (TPSA) is 44.4 Å². The molecule has 4 nitrogen and oxygen atoms in total. The Labute approximate surface area is 115 Å². The highest BCUT2D eigenvalue weighted by molar-refractivity contribution is 5.93. The van der Waals surface area contributed by atoms with Crippen molar-refractivity contribution < 1.29 is 4.79 Å². The number of amides is 1. The van der Waals surface area contributed by atoms with E-state index in [0.29, 0.717) is 12.6 Å². The molecular weight excluding hydrogens is 238 g/mol. The van der Waals surface area contributed by atoms with Crippen LogP contribution in [-0.2, 0) is 4.79 Å². The maximum atomic E-state index is 12.1. The molecule has 1 fully saturated rings. The van der Waals surface area contributed by atoms with Crippen molar-refractivity contribution in [3.05, 3.63) is 29.3 Å². The predicted octanol–water partition coefficient (Wildman–Crippen LogP) is 1.54. The van der Waals surface area contributed by atoms with Gasteiger partial charge in [0.1, 0.15) is 0 Å². The zero-order valence-electron chi connectivity index (χ0n) is 12.0. The van der Waals surface area contributed by atoms with Crippen LogP contribution in [0.1, 0.15) is 18.1 Å². The molecule has 0 atom stereocenters. The van der Waals surface area contributed by atoms with E-state index in [9.17, 15) is 4.79 Å². The Bertz CT molecular complexity index is 455. The van der Waals surface area contributed by atoms with Gasteiger partial charge in [0.25, 0.3) is 0 Å². The lowest BCUT2D eigenvalue weighted by molar-refractivity contribution is -0.118. The van der Waals surface area contributed by atoms with E-state index in [2.05, 4.69) is 35.4 Å². The van der Waals surface area contributed by atoms with Gasteiger partial charge in [0.15, 0.2) is 0 Å². The van der Waals surface area contributed by atoms with E-state index in [1.807, 2.05) is 19.1 Å². The number of hydrogen-bond acceptors (Lipinski definition) is 3. The average Bonchev–Trinajstić information content (AvgIpc) is 2.29. The second-order valence-corrected chi connectivity index (χ2v) is 5.24. The van der Waals surface area contributed by atoms with Gasteiger partial charge in [0.2, 0.25) is 5.91 Å². The molecule has 1 amide bonds. The first-order chi connectivity index (χ1) is 9.10. The minimum absolute atomic E-state index is 0.0701. The number of carbonyl (C=O) groups is 1. The van der Waals surface area contributed by atoms with Crippen LogP contribution in [0.5, 0.6) is 0 Å². The first-order valence-corrected chi connectivity index (χ1v) is 6.92. The summed E-state index contributed by atoms with van der Waals surface area (Å²) < 4.78 is 0. The molecule has 1 aliphatic rings. The zero-order chi connectivity index (χ0) is 13.8. The molecule has 0 saturated carbocycles. The van der Waals surface area contributed by atoms with E-state index < -0.39 is 0 Å². The molecule has 1 aromatic rings. The molecule has 1 saturated heterocycles. The molecule has 2 rings (SSSR count). The molecule has 4 heteroatoms. The molecule has 2 N–H and O–H groups in total. The van der Waals surface area contributed by atoms with E-state index in [4.69, 9.17) is 0 Å². The fraction of sp³-hybridized carbons (Fsp3) is 0.533. The lowest BCUT2D eigenvalue weighted by Gasteiger charge is -2.37. The van der Waals surface area contributed by atoms with Crippen molar-refractivity contribution in [2.24, 2.45) is 0 Å². The molecule has 0 unspecified atom stereocenters. The van der Waals surface area contributed by atoms with Gasteiger partial charge in [-0.1, -0.05) is 24.6 Å². The second-order valence-electron chi connectivity index (χ2n) is 5.24. The summed E-state index contributed by atoms with van der Waals surface area (Å²) in [6.45, 7) is 9.54. The minimum atomic E-state index is 0.0701. The van der Waals surface area contributed by atoms with E-state index >= 15 is 0 Å². The highest BCUT2D eigenvalue weighted by Crippen LogP contribution is 2.16. The first-order valence-electron chi connectivity index (χ1n) is 6.92. The predicted molar refractivity (Wildman–Crippen MR) is 78.5 cm³/mol. The van der Waals surface area contributed by atoms with Gasteiger partial charge in [-0.05, 0) is 32.0 Å². The molecule has 0 bridgehead atoms. The number of benzene rings is 1. The second kappa shape index (κ2) is 6.17. The van der Waals surface area contributed by atoms with Gasteiger partial charge in [0.05, 0.1) is 6.54 Å². The largest absolute Gasteiger partial charge is 0.325 e. The summed E-state index contributed by atoms with van der Waals surface area (Å²) in [6.07, 6.45) is 0. The van der Waals surface area contributed by atoms with Gasteiger partial charge in [-0.2, -0.15) is 0 Å². The number of nitrogens with zero attached hydrogens (tertiary/aromatic N) is 1. The number of hydrogen-bond donors (Lipinski definition) is 2. The maximum Gasteiger partial charge on any atom is 0.238 e. The van der Waals surface area contributed by atoms with Crippen LogP contribution >= 0.6 is 0 Å². The van der Waals surface area contributed by atoms with Crippen LogP contribution in [-0.4, -0.2) is 43.0 Å². The quantitative estimate of drug-likeness (QED) is 0.845. The Morgan fingerprint density at radius 1 is 1.42 bits per heavy atom. The standard InChI is InChI=1S/C15H23N3O/c1-4-18(13-8-16-9-13)10-15(19)17-14-6-5-11(2)7-12(14)3/h5-7,13,16H,4,8-10H2,1-3H3,(H,17,19). The molecular formula is C15H23N3O. The van der Waals surface area contributed by atoms with Crippen molar-refractivity contribution in [1.82, 2.24) is 10.2 Å². The summed E-state index contributed by atoms with van der Waals surface area (Å²) in [7, 11) is 0. The molecule has 0 spiro atoms. The highest BCUT2D eigenvalue weighted by Gasteiger charge is 2.24. The van der Waals surface area contributed by atoms with Crippen LogP contribution in [0, 0.1) is 13.8 Å². The molecule has 0 radical (unpaired) electrons. The van der Waals surface area contributed by atoms with Crippen molar-refractivity contribution in [3.8, 4) is 0 Å². The van der Waals surface area contributed by atoms with Gasteiger partial charge in [-0.3, -0.25) is 9.69 Å². The van der Waals surface area contributed by atoms with E-state index in [1.54, 1.807) is 0 Å². The van der Waals surface area contributed by atoms with Crippen molar-refractivity contribution >= 4 is 11.6 Å². The molecule has 1 heterocycles. The number of aryl methyl sites for hydroxylation is 2. The van der Waals surface area contributed by atoms with Crippen molar-refractivity contribution in [2.75, 3.05) is 31.5 Å². The van der Waals surface area contributed by atoms with Crippen LogP contribution < -0.4 is 10.6 Å². The first kappa shape index (κ1) is 14.0. The van der Waals surface area contributed by atoms with Crippen molar-refractivity contribution in [3.63, 3.8) is 0 Å². The fourth-order valence-corrected chi connectivity index (χ4v) is 2.36. The lowest BCUT2D eigenvalue weighted by atomic mass is 10.1. The van der Waals surface area contributed by atoms with Gasteiger partial charge in [-0.15, -0.1) is 0 Å². The van der Waals surface area contributed by atoms with Gasteiger partial charge < -0.3 is 10.6 Å². The number of carbonyl (C=O) groups excluding carboxylic acids is 1. The van der Waals surface area contributed by atoms with Gasteiger partial charge >= 0.3 is 0 Å². The Balaban J connectivity index is 1.92. The monoisotopic (exact) mass is 261 g/mol. The van der Waals surface area contributed by atoms with Crippen LogP contribution in [0.15, 0.2) is 18.2 Å². The molecule has 104 valence electrons. The number of rotatable bonds is 5. The van der Waals surface area contributed by atoms with Crippen molar-refractivity contribution in [2.45, 2.75) is 26.8 Å². The normalized spacial score (nSPS) is 15.4. The van der Waals surface area contributed by atoms with E-state index in [-0.39, 0.29) is 5.91 Å². The number of likely N-dealkylation sites (N-methyl/N-ethyl adjacent to an activating group) is 1. The average molecular weight is 261 g/mol. The maximum absolute atomic E-state index is 12.1. The van der Waals surface area contributed by atoms with Crippen LogP contribution in [0.4, 0.5) is 5.69 Å². The Kier molecular flexibility index (Phi) is 4.56. The van der Waals surface area contributed by atoms with Crippen LogP contribution in [0.25, 0.3) is 0 Å². The van der Waals surface area contributed by atoms with E-state index in [0.717, 1.165) is 30.9 Å².